The topological polar surface area (TPSA) is 36.4 Å². The predicted octanol–water partition coefficient (Wildman–Crippen LogP) is 3.36. The van der Waals surface area contributed by atoms with Crippen molar-refractivity contribution < 1.29 is 0 Å². The summed E-state index contributed by atoms with van der Waals surface area (Å²) in [5.41, 5.74) is 0. The van der Waals surface area contributed by atoms with Crippen LogP contribution in [-0.2, 0) is 6.42 Å². The van der Waals surface area contributed by atoms with E-state index in [-0.39, 0.29) is 24.0 Å². The fourth-order valence-electron chi connectivity index (χ4n) is 2.43. The highest BCUT2D eigenvalue weighted by molar-refractivity contribution is 14.0. The molecule has 20 heavy (non-hydrogen) atoms. The highest BCUT2D eigenvalue weighted by atomic mass is 127. The van der Waals surface area contributed by atoms with Crippen LogP contribution in [0.3, 0.4) is 0 Å². The van der Waals surface area contributed by atoms with Gasteiger partial charge in [0.2, 0.25) is 0 Å². The van der Waals surface area contributed by atoms with E-state index in [4.69, 9.17) is 0 Å². The molecule has 2 unspecified atom stereocenters. The first kappa shape index (κ1) is 18.1. The van der Waals surface area contributed by atoms with Gasteiger partial charge in [0.05, 0.1) is 0 Å². The Morgan fingerprint density at radius 3 is 2.95 bits per heavy atom. The van der Waals surface area contributed by atoms with E-state index >= 15 is 0 Å². The molecule has 0 saturated heterocycles. The molecule has 2 rings (SSSR count). The zero-order valence-electron chi connectivity index (χ0n) is 12.1. The lowest BCUT2D eigenvalue weighted by atomic mass is 10.2. The summed E-state index contributed by atoms with van der Waals surface area (Å²) in [6.45, 7) is 0.943. The van der Waals surface area contributed by atoms with Crippen LogP contribution in [-0.4, -0.2) is 37.1 Å². The van der Waals surface area contributed by atoms with Gasteiger partial charge in [-0.05, 0) is 43.4 Å². The molecule has 2 N–H and O–H groups in total. The number of hydrogen-bond acceptors (Lipinski definition) is 3. The molecular weight excluding hydrogens is 401 g/mol. The Morgan fingerprint density at radius 2 is 2.35 bits per heavy atom. The van der Waals surface area contributed by atoms with Crippen LogP contribution in [0.5, 0.6) is 0 Å². The Kier molecular flexibility index (Phi) is 8.95. The summed E-state index contributed by atoms with van der Waals surface area (Å²) in [7, 11) is 1.85. The maximum absolute atomic E-state index is 4.31. The summed E-state index contributed by atoms with van der Waals surface area (Å²) in [4.78, 5) is 5.73. The van der Waals surface area contributed by atoms with Crippen molar-refractivity contribution in [3.05, 3.63) is 22.4 Å². The number of nitrogens with one attached hydrogen (secondary N) is 2. The lowest BCUT2D eigenvalue weighted by molar-refractivity contribution is 0.615. The third-order valence-electron chi connectivity index (χ3n) is 3.53. The van der Waals surface area contributed by atoms with Crippen molar-refractivity contribution >= 4 is 53.0 Å². The largest absolute Gasteiger partial charge is 0.356 e. The summed E-state index contributed by atoms with van der Waals surface area (Å²) < 4.78 is 0. The second kappa shape index (κ2) is 9.89. The summed E-state index contributed by atoms with van der Waals surface area (Å²) in [5.74, 6) is 0.948. The van der Waals surface area contributed by atoms with Crippen LogP contribution in [0, 0.1) is 0 Å². The summed E-state index contributed by atoms with van der Waals surface area (Å²) in [6, 6.07) is 4.88. The molecule has 0 radical (unpaired) electrons. The van der Waals surface area contributed by atoms with Crippen LogP contribution < -0.4 is 10.6 Å². The van der Waals surface area contributed by atoms with Gasteiger partial charge in [-0.25, -0.2) is 0 Å². The molecule has 1 saturated carbocycles. The first-order valence-corrected chi connectivity index (χ1v) is 9.01. The Labute approximate surface area is 147 Å². The van der Waals surface area contributed by atoms with E-state index in [2.05, 4.69) is 39.4 Å². The van der Waals surface area contributed by atoms with Gasteiger partial charge >= 0.3 is 0 Å². The van der Waals surface area contributed by atoms with Gasteiger partial charge < -0.3 is 10.6 Å². The zero-order valence-corrected chi connectivity index (χ0v) is 16.1. The normalized spacial score (nSPS) is 22.4. The molecule has 0 amide bonds. The molecule has 0 aliphatic heterocycles. The van der Waals surface area contributed by atoms with Crippen LogP contribution in [0.15, 0.2) is 22.5 Å². The van der Waals surface area contributed by atoms with Gasteiger partial charge in [0.1, 0.15) is 0 Å². The van der Waals surface area contributed by atoms with E-state index in [1.54, 1.807) is 0 Å². The van der Waals surface area contributed by atoms with E-state index in [1.807, 2.05) is 30.1 Å². The molecule has 1 aromatic rings. The minimum Gasteiger partial charge on any atom is -0.356 e. The Morgan fingerprint density at radius 1 is 1.50 bits per heavy atom. The highest BCUT2D eigenvalue weighted by Crippen LogP contribution is 2.27. The first-order chi connectivity index (χ1) is 9.31. The molecule has 0 bridgehead atoms. The van der Waals surface area contributed by atoms with Crippen molar-refractivity contribution in [3.8, 4) is 0 Å². The van der Waals surface area contributed by atoms with Gasteiger partial charge in [-0.2, -0.15) is 11.8 Å². The van der Waals surface area contributed by atoms with E-state index in [0.29, 0.717) is 6.04 Å². The Hall–Kier alpha value is 0.0500. The van der Waals surface area contributed by atoms with Gasteiger partial charge in [-0.1, -0.05) is 6.07 Å². The van der Waals surface area contributed by atoms with Crippen molar-refractivity contribution in [3.63, 3.8) is 0 Å². The third-order valence-corrected chi connectivity index (χ3v) is 5.56. The van der Waals surface area contributed by atoms with E-state index < -0.39 is 0 Å². The summed E-state index contributed by atoms with van der Waals surface area (Å²) >= 11 is 3.80. The lowest BCUT2D eigenvalue weighted by Crippen LogP contribution is -2.43. The van der Waals surface area contributed by atoms with Gasteiger partial charge in [0, 0.05) is 29.8 Å². The fourth-order valence-corrected chi connectivity index (χ4v) is 3.94. The van der Waals surface area contributed by atoms with Crippen molar-refractivity contribution in [1.29, 1.82) is 0 Å². The second-order valence-corrected chi connectivity index (χ2v) is 7.01. The van der Waals surface area contributed by atoms with Crippen LogP contribution in [0.25, 0.3) is 0 Å². The highest BCUT2D eigenvalue weighted by Gasteiger charge is 2.24. The number of hydrogen-bond donors (Lipinski definition) is 2. The van der Waals surface area contributed by atoms with E-state index in [0.717, 1.165) is 24.2 Å². The monoisotopic (exact) mass is 425 g/mol. The van der Waals surface area contributed by atoms with Crippen molar-refractivity contribution in [2.75, 3.05) is 19.8 Å². The number of thiophene rings is 1. The number of nitrogens with zero attached hydrogens (tertiary/aromatic N) is 1. The first-order valence-electron chi connectivity index (χ1n) is 6.84. The average molecular weight is 425 g/mol. The predicted molar refractivity (Wildman–Crippen MR) is 103 cm³/mol. The summed E-state index contributed by atoms with van der Waals surface area (Å²) in [5, 5.41) is 9.89. The number of thioether (sulfide) groups is 1. The smallest absolute Gasteiger partial charge is 0.191 e. The number of aliphatic imine (C=N–C) groups is 1. The molecule has 0 spiro atoms. The maximum atomic E-state index is 4.31. The number of guanidine groups is 1. The Bertz CT molecular complexity index is 395. The quantitative estimate of drug-likeness (QED) is 0.432. The molecule has 1 aromatic heterocycles. The molecule has 1 fully saturated rings. The van der Waals surface area contributed by atoms with Crippen LogP contribution in [0.1, 0.15) is 24.1 Å². The summed E-state index contributed by atoms with van der Waals surface area (Å²) in [6.07, 6.45) is 7.12. The molecule has 2 atom stereocenters. The fraction of sp³-hybridized carbons (Fsp3) is 0.643. The van der Waals surface area contributed by atoms with Gasteiger partial charge in [0.15, 0.2) is 5.96 Å². The molecule has 3 nitrogen and oxygen atoms in total. The molecule has 1 heterocycles. The minimum atomic E-state index is 0. The van der Waals surface area contributed by atoms with Gasteiger partial charge in [0.25, 0.3) is 0 Å². The second-order valence-electron chi connectivity index (χ2n) is 4.84. The standard InChI is InChI=1S/C14H23N3S2.HI/c1-15-14(16-8-7-12-4-3-9-19-12)17-11-5-6-13(10-11)18-2;/h3-4,9,11,13H,5-8,10H2,1-2H3,(H2,15,16,17);1H. The molecule has 1 aliphatic carbocycles. The van der Waals surface area contributed by atoms with Crippen molar-refractivity contribution in [2.45, 2.75) is 37.0 Å². The average Bonchev–Trinajstić information content (AvgIpc) is 3.08. The van der Waals surface area contributed by atoms with Gasteiger partial charge in [-0.3, -0.25) is 4.99 Å². The number of rotatable bonds is 5. The van der Waals surface area contributed by atoms with Crippen molar-refractivity contribution in [2.24, 2.45) is 4.99 Å². The van der Waals surface area contributed by atoms with E-state index in [9.17, 15) is 0 Å². The Balaban J connectivity index is 0.00000200. The molecule has 1 aliphatic rings. The van der Waals surface area contributed by atoms with Crippen molar-refractivity contribution in [1.82, 2.24) is 10.6 Å². The molecule has 6 heteroatoms. The third kappa shape index (κ3) is 5.81. The van der Waals surface area contributed by atoms with Crippen LogP contribution >= 0.6 is 47.1 Å². The lowest BCUT2D eigenvalue weighted by Gasteiger charge is -2.17. The van der Waals surface area contributed by atoms with E-state index in [1.165, 1.54) is 24.1 Å². The molecule has 0 aromatic carbocycles. The zero-order chi connectivity index (χ0) is 13.5. The maximum Gasteiger partial charge on any atom is 0.191 e. The molecule has 114 valence electrons. The van der Waals surface area contributed by atoms with Crippen LogP contribution in [0.2, 0.25) is 0 Å². The van der Waals surface area contributed by atoms with Gasteiger partial charge in [-0.15, -0.1) is 35.3 Å². The minimum absolute atomic E-state index is 0. The SMILES string of the molecule is CN=C(NCCc1cccs1)NC1CCC(SC)C1.I. The number of halogens is 1. The molecular formula is C14H24IN3S2. The van der Waals surface area contributed by atoms with Crippen LogP contribution in [0.4, 0.5) is 0 Å².